The van der Waals surface area contributed by atoms with Gasteiger partial charge in [0.2, 0.25) is 5.91 Å². The van der Waals surface area contributed by atoms with Crippen LogP contribution in [0.15, 0.2) is 24.3 Å². The average Bonchev–Trinajstić information content (AvgIpc) is 3.28. The number of aliphatic hydroxyl groups excluding tert-OH is 2. The van der Waals surface area contributed by atoms with Gasteiger partial charge in [-0.15, -0.1) is 0 Å². The second-order valence-electron chi connectivity index (χ2n) is 19.3. The molecule has 0 aromatic carbocycles. The van der Waals surface area contributed by atoms with Crippen molar-refractivity contribution in [1.29, 1.82) is 0 Å². The van der Waals surface area contributed by atoms with Crippen LogP contribution in [-0.2, 0) is 14.3 Å². The Kier molecular flexibility index (Phi) is 50.0. The van der Waals surface area contributed by atoms with Crippen LogP contribution in [0.3, 0.4) is 0 Å². The predicted molar refractivity (Wildman–Crippen MR) is 273 cm³/mol. The largest absolute Gasteiger partial charge is 0.462 e. The molecule has 0 saturated heterocycles. The van der Waals surface area contributed by atoms with Crippen LogP contribution in [0, 0.1) is 0 Å². The smallest absolute Gasteiger partial charge is 0.306 e. The molecule has 6 nitrogen and oxygen atoms in total. The quantitative estimate of drug-likeness (QED) is 0.0321. The summed E-state index contributed by atoms with van der Waals surface area (Å²) < 4.78 is 5.95. The van der Waals surface area contributed by atoms with E-state index in [-0.39, 0.29) is 24.9 Å². The zero-order valence-electron chi connectivity index (χ0n) is 42.5. The summed E-state index contributed by atoms with van der Waals surface area (Å²) in [4.78, 5) is 26.2. The molecule has 0 heterocycles. The van der Waals surface area contributed by atoms with Gasteiger partial charge in [-0.3, -0.25) is 9.59 Å². The number of allylic oxidation sites excluding steroid dienone is 4. The number of carbonyl (C=O) groups is 2. The van der Waals surface area contributed by atoms with Gasteiger partial charge in [-0.2, -0.15) is 0 Å². The minimum Gasteiger partial charge on any atom is -0.462 e. The summed E-state index contributed by atoms with van der Waals surface area (Å²) in [7, 11) is 0. The van der Waals surface area contributed by atoms with E-state index < -0.39 is 18.2 Å². The molecule has 3 atom stereocenters. The third-order valence-electron chi connectivity index (χ3n) is 13.0. The van der Waals surface area contributed by atoms with Crippen LogP contribution < -0.4 is 5.32 Å². The van der Waals surface area contributed by atoms with Crippen molar-refractivity contribution in [3.8, 4) is 0 Å². The minimum absolute atomic E-state index is 0.0747. The molecule has 0 aromatic heterocycles. The molecule has 6 heteroatoms. The SMILES string of the molecule is CCCCCC/C=C\CCCCCCCCCC(=O)OC(CCCCCCC/C=C/CCCCCCCC)CC(=O)NC(CO)C(O)CCCCCCCCCCCCCCCC. The van der Waals surface area contributed by atoms with E-state index in [9.17, 15) is 19.8 Å². The molecule has 3 N–H and O–H groups in total. The molecule has 0 radical (unpaired) electrons. The normalized spacial score (nSPS) is 13.3. The molecule has 0 rings (SSSR count). The summed E-state index contributed by atoms with van der Waals surface area (Å²) in [6, 6.07) is -0.701. The third-order valence-corrected chi connectivity index (χ3v) is 13.0. The molecule has 3 unspecified atom stereocenters. The lowest BCUT2D eigenvalue weighted by Crippen LogP contribution is -2.46. The van der Waals surface area contributed by atoms with E-state index in [0.29, 0.717) is 19.3 Å². The highest BCUT2D eigenvalue weighted by Crippen LogP contribution is 2.18. The fourth-order valence-electron chi connectivity index (χ4n) is 8.72. The van der Waals surface area contributed by atoms with Crippen molar-refractivity contribution in [1.82, 2.24) is 5.32 Å². The van der Waals surface area contributed by atoms with Crippen molar-refractivity contribution < 1.29 is 24.5 Å². The van der Waals surface area contributed by atoms with E-state index in [1.807, 2.05) is 0 Å². The fourth-order valence-corrected chi connectivity index (χ4v) is 8.72. The Labute approximate surface area is 392 Å². The van der Waals surface area contributed by atoms with Crippen LogP contribution in [0.2, 0.25) is 0 Å². The van der Waals surface area contributed by atoms with E-state index in [1.54, 1.807) is 0 Å². The Morgan fingerprint density at radius 1 is 0.444 bits per heavy atom. The van der Waals surface area contributed by atoms with E-state index in [2.05, 4.69) is 50.4 Å². The maximum absolute atomic E-state index is 13.2. The third kappa shape index (κ3) is 46.7. The molecule has 0 aromatic rings. The Bertz CT molecular complexity index is 997. The van der Waals surface area contributed by atoms with Crippen molar-refractivity contribution in [3.05, 3.63) is 24.3 Å². The van der Waals surface area contributed by atoms with Gasteiger partial charge in [0.25, 0.3) is 0 Å². The first kappa shape index (κ1) is 61.3. The summed E-state index contributed by atoms with van der Waals surface area (Å²) in [5.74, 6) is -0.472. The number of esters is 1. The van der Waals surface area contributed by atoms with Crippen molar-refractivity contribution in [2.75, 3.05) is 6.61 Å². The van der Waals surface area contributed by atoms with Crippen molar-refractivity contribution in [3.63, 3.8) is 0 Å². The number of hydrogen-bond donors (Lipinski definition) is 3. The number of nitrogens with one attached hydrogen (secondary N) is 1. The molecular formula is C57H109NO5. The van der Waals surface area contributed by atoms with Crippen LogP contribution in [-0.4, -0.2) is 46.9 Å². The zero-order chi connectivity index (χ0) is 45.9. The van der Waals surface area contributed by atoms with Gasteiger partial charge in [0.05, 0.1) is 25.2 Å². The highest BCUT2D eigenvalue weighted by atomic mass is 16.5. The molecule has 0 bridgehead atoms. The van der Waals surface area contributed by atoms with Gasteiger partial charge < -0.3 is 20.3 Å². The summed E-state index contributed by atoms with van der Waals surface area (Å²) in [5, 5.41) is 23.8. The first-order valence-corrected chi connectivity index (χ1v) is 28.1. The summed E-state index contributed by atoms with van der Waals surface area (Å²) in [6.45, 7) is 6.49. The second-order valence-corrected chi connectivity index (χ2v) is 19.3. The maximum Gasteiger partial charge on any atom is 0.306 e. The predicted octanol–water partition coefficient (Wildman–Crippen LogP) is 17.1. The Hall–Kier alpha value is -1.66. The van der Waals surface area contributed by atoms with E-state index >= 15 is 0 Å². The first-order chi connectivity index (χ1) is 31.0. The van der Waals surface area contributed by atoms with Crippen molar-refractivity contribution in [2.45, 2.75) is 322 Å². The number of ether oxygens (including phenoxy) is 1. The molecular weight excluding hydrogens is 779 g/mol. The zero-order valence-corrected chi connectivity index (χ0v) is 42.5. The minimum atomic E-state index is -0.787. The fraction of sp³-hybridized carbons (Fsp3) is 0.895. The molecule has 0 aliphatic heterocycles. The van der Waals surface area contributed by atoms with Crippen LogP contribution >= 0.6 is 0 Å². The van der Waals surface area contributed by atoms with Gasteiger partial charge in [0.15, 0.2) is 0 Å². The van der Waals surface area contributed by atoms with Crippen LogP contribution in [0.25, 0.3) is 0 Å². The lowest BCUT2D eigenvalue weighted by atomic mass is 10.0. The molecule has 0 spiro atoms. The van der Waals surface area contributed by atoms with Crippen molar-refractivity contribution in [2.24, 2.45) is 0 Å². The van der Waals surface area contributed by atoms with Gasteiger partial charge >= 0.3 is 5.97 Å². The lowest BCUT2D eigenvalue weighted by molar-refractivity contribution is -0.151. The molecule has 0 aliphatic rings. The monoisotopic (exact) mass is 888 g/mol. The maximum atomic E-state index is 13.2. The van der Waals surface area contributed by atoms with Gasteiger partial charge in [0, 0.05) is 6.42 Å². The summed E-state index contributed by atoms with van der Waals surface area (Å²) in [5.41, 5.74) is 0. The highest BCUT2D eigenvalue weighted by molar-refractivity contribution is 5.77. The highest BCUT2D eigenvalue weighted by Gasteiger charge is 2.24. The van der Waals surface area contributed by atoms with Crippen LogP contribution in [0.5, 0.6) is 0 Å². The molecule has 0 saturated carbocycles. The Balaban J connectivity index is 4.55. The van der Waals surface area contributed by atoms with Gasteiger partial charge in [-0.1, -0.05) is 238 Å². The van der Waals surface area contributed by atoms with Crippen LogP contribution in [0.1, 0.15) is 303 Å². The summed E-state index contributed by atoms with van der Waals surface area (Å²) >= 11 is 0. The summed E-state index contributed by atoms with van der Waals surface area (Å²) in [6.07, 6.45) is 59.5. The van der Waals surface area contributed by atoms with Gasteiger partial charge in [-0.05, 0) is 77.0 Å². The Morgan fingerprint density at radius 2 is 0.762 bits per heavy atom. The number of amides is 1. The van der Waals surface area contributed by atoms with E-state index in [1.165, 1.54) is 199 Å². The number of aliphatic hydroxyl groups is 2. The van der Waals surface area contributed by atoms with Gasteiger partial charge in [-0.25, -0.2) is 0 Å². The van der Waals surface area contributed by atoms with Crippen LogP contribution in [0.4, 0.5) is 0 Å². The topological polar surface area (TPSA) is 95.9 Å². The molecule has 0 fully saturated rings. The molecule has 372 valence electrons. The standard InChI is InChI=1S/C57H109NO5/c1-4-7-10-13-16-19-22-25-28-30-33-36-39-42-45-48-53(63-57(62)50-47-44-41-38-35-32-29-26-23-20-17-14-11-8-5-2)51-56(61)58-54(52-59)55(60)49-46-43-40-37-34-31-27-24-21-18-15-12-9-6-3/h20,23,25,28,53-55,59-60H,4-19,21-22,24,26-27,29-52H2,1-3H3,(H,58,61)/b23-20-,28-25+. The Morgan fingerprint density at radius 3 is 1.14 bits per heavy atom. The number of unbranched alkanes of at least 4 members (excludes halogenated alkanes) is 35. The number of rotatable bonds is 51. The molecule has 63 heavy (non-hydrogen) atoms. The van der Waals surface area contributed by atoms with E-state index in [4.69, 9.17) is 4.74 Å². The van der Waals surface area contributed by atoms with E-state index in [0.717, 1.165) is 57.8 Å². The lowest BCUT2D eigenvalue weighted by Gasteiger charge is -2.24. The number of carbonyl (C=O) groups excluding carboxylic acids is 2. The average molecular weight is 889 g/mol. The molecule has 0 aliphatic carbocycles. The number of hydrogen-bond acceptors (Lipinski definition) is 5. The first-order valence-electron chi connectivity index (χ1n) is 28.1. The molecule has 1 amide bonds. The van der Waals surface area contributed by atoms with Gasteiger partial charge in [0.1, 0.15) is 6.10 Å². The van der Waals surface area contributed by atoms with Crippen molar-refractivity contribution >= 4 is 11.9 Å². The second kappa shape index (κ2) is 51.3.